The Bertz CT molecular complexity index is 684. The number of rotatable bonds is 3. The third kappa shape index (κ3) is 2.89. The van der Waals surface area contributed by atoms with Gasteiger partial charge in [0.2, 0.25) is 0 Å². The molecule has 0 atom stereocenters. The minimum absolute atomic E-state index is 1.10. The normalized spacial score (nSPS) is 10.2. The zero-order chi connectivity index (χ0) is 13.8. The molecule has 20 heavy (non-hydrogen) atoms. The van der Waals surface area contributed by atoms with Crippen molar-refractivity contribution >= 4 is 11.4 Å². The molecule has 0 spiro atoms. The lowest BCUT2D eigenvalue weighted by Gasteiger charge is -2.08. The summed E-state index contributed by atoms with van der Waals surface area (Å²) in [5.41, 5.74) is 6.00. The zero-order valence-electron chi connectivity index (χ0n) is 11.5. The van der Waals surface area contributed by atoms with Gasteiger partial charge in [-0.2, -0.15) is 0 Å². The van der Waals surface area contributed by atoms with E-state index in [4.69, 9.17) is 0 Å². The Morgan fingerprint density at radius 1 is 0.600 bits per heavy atom. The first kappa shape index (κ1) is 12.5. The Morgan fingerprint density at radius 3 is 2.00 bits per heavy atom. The summed E-state index contributed by atoms with van der Waals surface area (Å²) in [7, 11) is 0. The molecule has 0 saturated carbocycles. The molecule has 0 aromatic heterocycles. The molecule has 1 heteroatoms. The predicted molar refractivity (Wildman–Crippen MR) is 86.3 cm³/mol. The molecule has 0 bridgehead atoms. The number of aryl methyl sites for hydroxylation is 1. The molecule has 0 amide bonds. The van der Waals surface area contributed by atoms with Crippen LogP contribution in [-0.4, -0.2) is 0 Å². The summed E-state index contributed by atoms with van der Waals surface area (Å²) in [6.07, 6.45) is 0. The molecule has 0 aliphatic heterocycles. The van der Waals surface area contributed by atoms with Crippen LogP contribution in [-0.2, 0) is 0 Å². The van der Waals surface area contributed by atoms with Gasteiger partial charge in [-0.15, -0.1) is 0 Å². The van der Waals surface area contributed by atoms with Gasteiger partial charge in [-0.25, -0.2) is 0 Å². The molecule has 3 aromatic carbocycles. The van der Waals surface area contributed by atoms with Gasteiger partial charge in [0, 0.05) is 11.4 Å². The maximum Gasteiger partial charge on any atom is 0.0384 e. The number of anilines is 2. The minimum Gasteiger partial charge on any atom is -0.356 e. The molecule has 0 unspecified atom stereocenters. The Labute approximate surface area is 119 Å². The first-order valence-corrected chi connectivity index (χ1v) is 6.80. The van der Waals surface area contributed by atoms with Crippen molar-refractivity contribution in [2.75, 3.05) is 5.32 Å². The van der Waals surface area contributed by atoms with Gasteiger partial charge in [0.1, 0.15) is 0 Å². The van der Waals surface area contributed by atoms with E-state index in [2.05, 4.69) is 72.9 Å². The van der Waals surface area contributed by atoms with E-state index < -0.39 is 0 Å². The lowest BCUT2D eigenvalue weighted by molar-refractivity contribution is 1.46. The van der Waals surface area contributed by atoms with Crippen molar-refractivity contribution in [3.8, 4) is 11.1 Å². The second kappa shape index (κ2) is 5.62. The van der Waals surface area contributed by atoms with Crippen molar-refractivity contribution < 1.29 is 0 Å². The number of para-hydroxylation sites is 1. The van der Waals surface area contributed by atoms with Crippen LogP contribution in [0, 0.1) is 6.92 Å². The van der Waals surface area contributed by atoms with Gasteiger partial charge >= 0.3 is 0 Å². The predicted octanol–water partition coefficient (Wildman–Crippen LogP) is 5.41. The standard InChI is InChI=1S/C19H17N/c1-15-6-5-7-17(14-15)16-10-12-19(13-11-16)20-18-8-3-2-4-9-18/h2-14,20H,1H3. The summed E-state index contributed by atoms with van der Waals surface area (Å²) < 4.78 is 0. The van der Waals surface area contributed by atoms with Crippen LogP contribution in [0.25, 0.3) is 11.1 Å². The van der Waals surface area contributed by atoms with Gasteiger partial charge in [-0.05, 0) is 42.3 Å². The quantitative estimate of drug-likeness (QED) is 0.663. The van der Waals surface area contributed by atoms with Gasteiger partial charge in [0.15, 0.2) is 0 Å². The maximum absolute atomic E-state index is 3.39. The molecule has 3 rings (SSSR count). The van der Waals surface area contributed by atoms with E-state index in [0.717, 1.165) is 11.4 Å². The van der Waals surface area contributed by atoms with Gasteiger partial charge in [-0.1, -0.05) is 60.2 Å². The summed E-state index contributed by atoms with van der Waals surface area (Å²) in [6, 6.07) is 27.3. The molecule has 0 radical (unpaired) electrons. The third-order valence-corrected chi connectivity index (χ3v) is 3.30. The lowest BCUT2D eigenvalue weighted by Crippen LogP contribution is -1.89. The van der Waals surface area contributed by atoms with Crippen molar-refractivity contribution in [3.63, 3.8) is 0 Å². The summed E-state index contributed by atoms with van der Waals surface area (Å²) >= 11 is 0. The van der Waals surface area contributed by atoms with Crippen LogP contribution in [0.2, 0.25) is 0 Å². The van der Waals surface area contributed by atoms with E-state index in [1.807, 2.05) is 18.2 Å². The molecule has 0 aliphatic rings. The maximum atomic E-state index is 3.39. The highest BCUT2D eigenvalue weighted by Gasteiger charge is 1.99. The highest BCUT2D eigenvalue weighted by atomic mass is 14.9. The largest absolute Gasteiger partial charge is 0.356 e. The molecule has 0 saturated heterocycles. The Morgan fingerprint density at radius 2 is 1.30 bits per heavy atom. The molecule has 98 valence electrons. The number of hydrogen-bond acceptors (Lipinski definition) is 1. The van der Waals surface area contributed by atoms with Crippen molar-refractivity contribution in [1.29, 1.82) is 0 Å². The van der Waals surface area contributed by atoms with Gasteiger partial charge in [-0.3, -0.25) is 0 Å². The topological polar surface area (TPSA) is 12.0 Å². The molecule has 0 heterocycles. The van der Waals surface area contributed by atoms with Crippen LogP contribution >= 0.6 is 0 Å². The SMILES string of the molecule is Cc1cccc(-c2ccc(Nc3ccccc3)cc2)c1. The van der Waals surface area contributed by atoms with Gasteiger partial charge < -0.3 is 5.32 Å². The van der Waals surface area contributed by atoms with E-state index in [9.17, 15) is 0 Å². The lowest BCUT2D eigenvalue weighted by atomic mass is 10.0. The fourth-order valence-corrected chi connectivity index (χ4v) is 2.26. The monoisotopic (exact) mass is 259 g/mol. The molecular formula is C19H17N. The van der Waals surface area contributed by atoms with Gasteiger partial charge in [0.05, 0.1) is 0 Å². The molecule has 1 N–H and O–H groups in total. The second-order valence-electron chi connectivity index (χ2n) is 4.94. The molecule has 1 nitrogen and oxygen atoms in total. The van der Waals surface area contributed by atoms with E-state index >= 15 is 0 Å². The molecule has 0 fully saturated rings. The first-order chi connectivity index (χ1) is 9.81. The Kier molecular flexibility index (Phi) is 3.51. The summed E-state index contributed by atoms with van der Waals surface area (Å²) in [6.45, 7) is 2.12. The summed E-state index contributed by atoms with van der Waals surface area (Å²) in [5, 5.41) is 3.39. The van der Waals surface area contributed by atoms with Crippen LogP contribution < -0.4 is 5.32 Å². The average molecular weight is 259 g/mol. The first-order valence-electron chi connectivity index (χ1n) is 6.80. The van der Waals surface area contributed by atoms with E-state index in [1.165, 1.54) is 16.7 Å². The van der Waals surface area contributed by atoms with Gasteiger partial charge in [0.25, 0.3) is 0 Å². The Hall–Kier alpha value is -2.54. The molecular weight excluding hydrogens is 242 g/mol. The van der Waals surface area contributed by atoms with Crippen LogP contribution in [0.3, 0.4) is 0 Å². The van der Waals surface area contributed by atoms with Crippen molar-refractivity contribution in [1.82, 2.24) is 0 Å². The summed E-state index contributed by atoms with van der Waals surface area (Å²) in [5.74, 6) is 0. The fourth-order valence-electron chi connectivity index (χ4n) is 2.26. The zero-order valence-corrected chi connectivity index (χ0v) is 11.5. The van der Waals surface area contributed by atoms with E-state index in [1.54, 1.807) is 0 Å². The molecule has 3 aromatic rings. The summed E-state index contributed by atoms with van der Waals surface area (Å²) in [4.78, 5) is 0. The average Bonchev–Trinajstić information content (AvgIpc) is 2.49. The fraction of sp³-hybridized carbons (Fsp3) is 0.0526. The van der Waals surface area contributed by atoms with Crippen LogP contribution in [0.5, 0.6) is 0 Å². The third-order valence-electron chi connectivity index (χ3n) is 3.30. The smallest absolute Gasteiger partial charge is 0.0384 e. The van der Waals surface area contributed by atoms with Crippen molar-refractivity contribution in [2.24, 2.45) is 0 Å². The minimum atomic E-state index is 1.10. The highest BCUT2D eigenvalue weighted by molar-refractivity contribution is 5.68. The Balaban J connectivity index is 1.81. The van der Waals surface area contributed by atoms with E-state index in [-0.39, 0.29) is 0 Å². The van der Waals surface area contributed by atoms with Crippen LogP contribution in [0.15, 0.2) is 78.9 Å². The number of hydrogen-bond donors (Lipinski definition) is 1. The highest BCUT2D eigenvalue weighted by Crippen LogP contribution is 2.23. The second-order valence-corrected chi connectivity index (χ2v) is 4.94. The molecule has 0 aliphatic carbocycles. The van der Waals surface area contributed by atoms with Crippen LogP contribution in [0.1, 0.15) is 5.56 Å². The number of benzene rings is 3. The van der Waals surface area contributed by atoms with Crippen molar-refractivity contribution in [3.05, 3.63) is 84.4 Å². The van der Waals surface area contributed by atoms with E-state index in [0.29, 0.717) is 0 Å². The van der Waals surface area contributed by atoms with Crippen molar-refractivity contribution in [2.45, 2.75) is 6.92 Å². The van der Waals surface area contributed by atoms with Crippen LogP contribution in [0.4, 0.5) is 11.4 Å². The number of nitrogens with one attached hydrogen (secondary N) is 1.